The molecule has 0 aromatic carbocycles. The van der Waals surface area contributed by atoms with Crippen molar-refractivity contribution in [3.63, 3.8) is 0 Å². The molecule has 0 spiro atoms. The Morgan fingerprint density at radius 1 is 1.41 bits per heavy atom. The van der Waals surface area contributed by atoms with Gasteiger partial charge in [0.1, 0.15) is 5.82 Å². The first-order valence-corrected chi connectivity index (χ1v) is 7.92. The molecule has 0 unspecified atom stereocenters. The number of amides is 1. The van der Waals surface area contributed by atoms with Crippen molar-refractivity contribution >= 4 is 23.1 Å². The van der Waals surface area contributed by atoms with Crippen LogP contribution >= 0.6 is 11.3 Å². The van der Waals surface area contributed by atoms with Gasteiger partial charge in [0.2, 0.25) is 0 Å². The van der Waals surface area contributed by atoms with Gasteiger partial charge in [-0.1, -0.05) is 0 Å². The Morgan fingerprint density at radius 2 is 2.18 bits per heavy atom. The monoisotopic (exact) mass is 319 g/mol. The largest absolute Gasteiger partial charge is 0.383 e. The van der Waals surface area contributed by atoms with Crippen molar-refractivity contribution in [2.45, 2.75) is 6.92 Å². The molecule has 1 amide bonds. The van der Waals surface area contributed by atoms with E-state index in [0.29, 0.717) is 24.5 Å². The molecule has 118 valence electrons. The van der Waals surface area contributed by atoms with Gasteiger partial charge in [-0.25, -0.2) is 4.98 Å². The number of aromatic nitrogens is 1. The van der Waals surface area contributed by atoms with Crippen molar-refractivity contribution in [3.8, 4) is 10.6 Å². The Hall–Kier alpha value is -1.92. The van der Waals surface area contributed by atoms with Gasteiger partial charge in [-0.15, -0.1) is 11.3 Å². The molecule has 22 heavy (non-hydrogen) atoms. The lowest BCUT2D eigenvalue weighted by Gasteiger charge is -2.17. The zero-order chi connectivity index (χ0) is 16.1. The van der Waals surface area contributed by atoms with E-state index in [1.54, 1.807) is 18.4 Å². The van der Waals surface area contributed by atoms with Gasteiger partial charge in [-0.3, -0.25) is 4.79 Å². The number of pyridine rings is 1. The summed E-state index contributed by atoms with van der Waals surface area (Å²) >= 11 is 1.66. The van der Waals surface area contributed by atoms with E-state index in [-0.39, 0.29) is 5.91 Å². The molecule has 0 saturated heterocycles. The Kier molecular flexibility index (Phi) is 5.51. The molecule has 0 aliphatic rings. The quantitative estimate of drug-likeness (QED) is 0.832. The highest BCUT2D eigenvalue weighted by molar-refractivity contribution is 7.13. The lowest BCUT2D eigenvalue weighted by Crippen LogP contribution is -2.29. The number of rotatable bonds is 6. The third-order valence-corrected chi connectivity index (χ3v) is 4.19. The molecule has 2 rings (SSSR count). The summed E-state index contributed by atoms with van der Waals surface area (Å²) in [5.41, 5.74) is 2.67. The molecule has 6 heteroatoms. The second-order valence-electron chi connectivity index (χ2n) is 5.20. The van der Waals surface area contributed by atoms with Crippen molar-refractivity contribution < 1.29 is 9.53 Å². The lowest BCUT2D eigenvalue weighted by molar-refractivity contribution is 0.0937. The Labute approximate surface area is 134 Å². The summed E-state index contributed by atoms with van der Waals surface area (Å²) in [4.78, 5) is 19.9. The molecule has 2 heterocycles. The zero-order valence-corrected chi connectivity index (χ0v) is 14.2. The number of carbonyl (C=O) groups is 1. The topological polar surface area (TPSA) is 54.5 Å². The molecule has 0 fully saturated rings. The summed E-state index contributed by atoms with van der Waals surface area (Å²) in [6.45, 7) is 3.03. The number of hydrogen-bond acceptors (Lipinski definition) is 5. The van der Waals surface area contributed by atoms with E-state index < -0.39 is 0 Å². The van der Waals surface area contributed by atoms with Crippen molar-refractivity contribution in [3.05, 3.63) is 34.7 Å². The molecule has 0 atom stereocenters. The Morgan fingerprint density at radius 3 is 2.77 bits per heavy atom. The van der Waals surface area contributed by atoms with Crippen LogP contribution in [0.2, 0.25) is 0 Å². The number of ether oxygens (including phenoxy) is 1. The van der Waals surface area contributed by atoms with Crippen molar-refractivity contribution in [1.29, 1.82) is 0 Å². The standard InChI is InChI=1S/C16H21N3O2S/c1-11-9-14(22-10-11)13-6-5-12(15(18-13)19(2)3)16(20)17-7-8-21-4/h5-6,9-10H,7-8H2,1-4H3,(H,17,20). The SMILES string of the molecule is COCCNC(=O)c1ccc(-c2cc(C)cs2)nc1N(C)C. The van der Waals surface area contributed by atoms with E-state index in [2.05, 4.69) is 28.7 Å². The molecule has 0 bridgehead atoms. The van der Waals surface area contributed by atoms with Crippen LogP contribution < -0.4 is 10.2 Å². The average molecular weight is 319 g/mol. The molecule has 1 N–H and O–H groups in total. The molecule has 0 saturated carbocycles. The van der Waals surface area contributed by atoms with Crippen LogP contribution in [0.4, 0.5) is 5.82 Å². The van der Waals surface area contributed by atoms with Gasteiger partial charge in [0.15, 0.2) is 0 Å². The van der Waals surface area contributed by atoms with Gasteiger partial charge in [0.25, 0.3) is 5.91 Å². The summed E-state index contributed by atoms with van der Waals surface area (Å²) in [6.07, 6.45) is 0. The molecule has 0 aliphatic heterocycles. The normalized spacial score (nSPS) is 10.5. The van der Waals surface area contributed by atoms with E-state index >= 15 is 0 Å². The van der Waals surface area contributed by atoms with Gasteiger partial charge in [-0.2, -0.15) is 0 Å². The summed E-state index contributed by atoms with van der Waals surface area (Å²) < 4.78 is 4.95. The highest BCUT2D eigenvalue weighted by atomic mass is 32.1. The number of thiophene rings is 1. The van der Waals surface area contributed by atoms with Crippen LogP contribution in [-0.2, 0) is 4.74 Å². The van der Waals surface area contributed by atoms with Gasteiger partial charge < -0.3 is 15.0 Å². The average Bonchev–Trinajstić information content (AvgIpc) is 2.93. The molecule has 2 aromatic heterocycles. The Bertz CT molecular complexity index is 653. The first kappa shape index (κ1) is 16.5. The minimum Gasteiger partial charge on any atom is -0.383 e. The lowest BCUT2D eigenvalue weighted by atomic mass is 10.2. The molecular weight excluding hydrogens is 298 g/mol. The van der Waals surface area contributed by atoms with E-state index in [4.69, 9.17) is 4.74 Å². The van der Waals surface area contributed by atoms with Crippen molar-refractivity contribution in [2.24, 2.45) is 0 Å². The van der Waals surface area contributed by atoms with Crippen LogP contribution in [0.15, 0.2) is 23.6 Å². The van der Waals surface area contributed by atoms with Crippen molar-refractivity contribution in [1.82, 2.24) is 10.3 Å². The summed E-state index contributed by atoms with van der Waals surface area (Å²) in [5.74, 6) is 0.528. The highest BCUT2D eigenvalue weighted by Gasteiger charge is 2.16. The number of nitrogens with one attached hydrogen (secondary N) is 1. The predicted octanol–water partition coefficient (Wildman–Crippen LogP) is 2.56. The predicted molar refractivity (Wildman–Crippen MR) is 90.8 cm³/mol. The van der Waals surface area contributed by atoms with Crippen molar-refractivity contribution in [2.75, 3.05) is 39.3 Å². The Balaban J connectivity index is 2.29. The number of carbonyl (C=O) groups excluding carboxylic acids is 1. The molecule has 0 radical (unpaired) electrons. The fourth-order valence-corrected chi connectivity index (χ4v) is 2.90. The summed E-state index contributed by atoms with van der Waals surface area (Å²) in [7, 11) is 5.38. The summed E-state index contributed by atoms with van der Waals surface area (Å²) in [6, 6.07) is 5.82. The van der Waals surface area contributed by atoms with Gasteiger partial charge in [0.05, 0.1) is 22.7 Å². The first-order valence-electron chi connectivity index (χ1n) is 7.04. The fraction of sp³-hybridized carbons (Fsp3) is 0.375. The number of aryl methyl sites for hydroxylation is 1. The molecular formula is C16H21N3O2S. The van der Waals surface area contributed by atoms with Crippen LogP contribution in [0.25, 0.3) is 10.6 Å². The zero-order valence-electron chi connectivity index (χ0n) is 13.3. The second kappa shape index (κ2) is 7.38. The third kappa shape index (κ3) is 3.84. The first-order chi connectivity index (χ1) is 10.5. The number of methoxy groups -OCH3 is 1. The molecule has 0 aliphatic carbocycles. The van der Waals surface area contributed by atoms with Gasteiger partial charge in [0, 0.05) is 27.7 Å². The molecule has 5 nitrogen and oxygen atoms in total. The fourth-order valence-electron chi connectivity index (χ4n) is 2.03. The number of nitrogens with zero attached hydrogens (tertiary/aromatic N) is 2. The van der Waals surface area contributed by atoms with E-state index in [1.807, 2.05) is 31.1 Å². The van der Waals surface area contributed by atoms with Gasteiger partial charge >= 0.3 is 0 Å². The van der Waals surface area contributed by atoms with E-state index in [9.17, 15) is 4.79 Å². The maximum absolute atomic E-state index is 12.3. The van der Waals surface area contributed by atoms with Crippen LogP contribution in [-0.4, -0.2) is 45.2 Å². The third-order valence-electron chi connectivity index (χ3n) is 3.12. The maximum Gasteiger partial charge on any atom is 0.255 e. The number of anilines is 1. The smallest absolute Gasteiger partial charge is 0.255 e. The maximum atomic E-state index is 12.3. The van der Waals surface area contributed by atoms with E-state index in [0.717, 1.165) is 10.6 Å². The minimum atomic E-state index is -0.137. The minimum absolute atomic E-state index is 0.137. The van der Waals surface area contributed by atoms with Crippen LogP contribution in [0.5, 0.6) is 0 Å². The van der Waals surface area contributed by atoms with Crippen LogP contribution in [0.3, 0.4) is 0 Å². The molecule has 2 aromatic rings. The van der Waals surface area contributed by atoms with E-state index in [1.165, 1.54) is 5.56 Å². The highest BCUT2D eigenvalue weighted by Crippen LogP contribution is 2.28. The van der Waals surface area contributed by atoms with Crippen LogP contribution in [0.1, 0.15) is 15.9 Å². The van der Waals surface area contributed by atoms with Crippen LogP contribution in [0, 0.1) is 6.92 Å². The second-order valence-corrected chi connectivity index (χ2v) is 6.11. The number of hydrogen-bond donors (Lipinski definition) is 1. The summed E-state index contributed by atoms with van der Waals surface area (Å²) in [5, 5.41) is 4.93. The van der Waals surface area contributed by atoms with Gasteiger partial charge in [-0.05, 0) is 36.1 Å².